The van der Waals surface area contributed by atoms with Gasteiger partial charge in [0.05, 0.1) is 25.1 Å². The van der Waals surface area contributed by atoms with Crippen molar-refractivity contribution in [3.05, 3.63) is 59.7 Å². The average molecular weight is 391 g/mol. The summed E-state index contributed by atoms with van der Waals surface area (Å²) in [6.45, 7) is 5.28. The first kappa shape index (κ1) is 20.8. The molecule has 0 radical (unpaired) electrons. The first-order valence-electron chi connectivity index (χ1n) is 8.64. The standard InChI is InChI=1S/C20H26N2O4S/c1-14-9-8-10-17(13-14)22(27(5,24)25)16(3)20(23)21-15(2)18-11-6-7-12-19(18)26-4/h6-13,15-16H,1-5H3,(H,21,23)/t15-,16+/m0/s1. The van der Waals surface area contributed by atoms with Gasteiger partial charge < -0.3 is 10.1 Å². The van der Waals surface area contributed by atoms with Crippen LogP contribution in [-0.2, 0) is 14.8 Å². The summed E-state index contributed by atoms with van der Waals surface area (Å²) in [6.07, 6.45) is 1.10. The highest BCUT2D eigenvalue weighted by Crippen LogP contribution is 2.26. The van der Waals surface area contributed by atoms with Crippen molar-refractivity contribution >= 4 is 21.6 Å². The number of ether oxygens (including phenoxy) is 1. The Bertz CT molecular complexity index is 912. The van der Waals surface area contributed by atoms with Gasteiger partial charge in [-0.1, -0.05) is 30.3 Å². The molecule has 0 spiro atoms. The highest BCUT2D eigenvalue weighted by Gasteiger charge is 2.30. The number of para-hydroxylation sites is 1. The van der Waals surface area contributed by atoms with Gasteiger partial charge in [-0.15, -0.1) is 0 Å². The molecule has 1 amide bonds. The summed E-state index contributed by atoms with van der Waals surface area (Å²) in [5, 5.41) is 2.88. The van der Waals surface area contributed by atoms with Crippen LogP contribution in [0.15, 0.2) is 48.5 Å². The topological polar surface area (TPSA) is 75.7 Å². The number of hydrogen-bond acceptors (Lipinski definition) is 4. The van der Waals surface area contributed by atoms with E-state index in [1.165, 1.54) is 0 Å². The molecule has 2 aromatic rings. The molecule has 0 aliphatic carbocycles. The van der Waals surface area contributed by atoms with E-state index in [9.17, 15) is 13.2 Å². The van der Waals surface area contributed by atoms with E-state index in [1.807, 2.05) is 44.2 Å². The van der Waals surface area contributed by atoms with Gasteiger partial charge in [0.1, 0.15) is 11.8 Å². The van der Waals surface area contributed by atoms with Gasteiger partial charge in [0.25, 0.3) is 0 Å². The predicted octanol–water partition coefficient (Wildman–Crippen LogP) is 3.04. The summed E-state index contributed by atoms with van der Waals surface area (Å²) < 4.78 is 31.2. The number of aryl methyl sites for hydroxylation is 1. The zero-order valence-corrected chi connectivity index (χ0v) is 17.1. The second-order valence-electron chi connectivity index (χ2n) is 6.55. The Balaban J connectivity index is 2.27. The Morgan fingerprint density at radius 1 is 1.11 bits per heavy atom. The minimum absolute atomic E-state index is 0.338. The fraction of sp³-hybridized carbons (Fsp3) is 0.350. The van der Waals surface area contributed by atoms with Gasteiger partial charge in [0.2, 0.25) is 15.9 Å². The number of amides is 1. The van der Waals surface area contributed by atoms with Crippen molar-refractivity contribution in [2.24, 2.45) is 0 Å². The van der Waals surface area contributed by atoms with Crippen molar-refractivity contribution in [3.8, 4) is 5.75 Å². The van der Waals surface area contributed by atoms with Crippen LogP contribution in [0, 0.1) is 6.92 Å². The van der Waals surface area contributed by atoms with Crippen LogP contribution >= 0.6 is 0 Å². The van der Waals surface area contributed by atoms with E-state index in [0.717, 1.165) is 21.7 Å². The van der Waals surface area contributed by atoms with Crippen molar-refractivity contribution in [2.75, 3.05) is 17.7 Å². The molecular formula is C20H26N2O4S. The lowest BCUT2D eigenvalue weighted by molar-refractivity contribution is -0.122. The molecule has 7 heteroatoms. The maximum atomic E-state index is 12.8. The smallest absolute Gasteiger partial charge is 0.244 e. The van der Waals surface area contributed by atoms with Crippen molar-refractivity contribution in [1.29, 1.82) is 0 Å². The van der Waals surface area contributed by atoms with E-state index in [0.29, 0.717) is 11.4 Å². The molecule has 0 fully saturated rings. The summed E-state index contributed by atoms with van der Waals surface area (Å²) >= 11 is 0. The van der Waals surface area contributed by atoms with Crippen LogP contribution in [0.2, 0.25) is 0 Å². The molecule has 0 unspecified atom stereocenters. The van der Waals surface area contributed by atoms with Crippen LogP contribution in [0.3, 0.4) is 0 Å². The fourth-order valence-electron chi connectivity index (χ4n) is 3.01. The van der Waals surface area contributed by atoms with Crippen molar-refractivity contribution < 1.29 is 17.9 Å². The van der Waals surface area contributed by atoms with Crippen molar-refractivity contribution in [3.63, 3.8) is 0 Å². The Hall–Kier alpha value is -2.54. The number of hydrogen-bond donors (Lipinski definition) is 1. The second kappa shape index (κ2) is 8.43. The summed E-state index contributed by atoms with van der Waals surface area (Å²) in [5.74, 6) is 0.275. The zero-order chi connectivity index (χ0) is 20.2. The predicted molar refractivity (Wildman–Crippen MR) is 108 cm³/mol. The Kier molecular flexibility index (Phi) is 6.49. The van der Waals surface area contributed by atoms with Crippen LogP contribution in [0.4, 0.5) is 5.69 Å². The van der Waals surface area contributed by atoms with Crippen LogP contribution in [0.25, 0.3) is 0 Å². The molecular weight excluding hydrogens is 364 g/mol. The third kappa shape index (κ3) is 5.01. The lowest BCUT2D eigenvalue weighted by Crippen LogP contribution is -2.48. The first-order valence-corrected chi connectivity index (χ1v) is 10.5. The van der Waals surface area contributed by atoms with Gasteiger partial charge in [-0.05, 0) is 44.5 Å². The number of nitrogens with one attached hydrogen (secondary N) is 1. The number of sulfonamides is 1. The van der Waals surface area contributed by atoms with E-state index in [-0.39, 0.29) is 11.9 Å². The second-order valence-corrected chi connectivity index (χ2v) is 8.41. The van der Waals surface area contributed by atoms with Crippen LogP contribution < -0.4 is 14.4 Å². The number of benzene rings is 2. The average Bonchev–Trinajstić information content (AvgIpc) is 2.60. The molecule has 0 heterocycles. The molecule has 0 aliphatic heterocycles. The number of carbonyl (C=O) groups excluding carboxylic acids is 1. The van der Waals surface area contributed by atoms with E-state index in [2.05, 4.69) is 5.32 Å². The fourth-order valence-corrected chi connectivity index (χ4v) is 4.18. The number of nitrogens with zero attached hydrogens (tertiary/aromatic N) is 1. The molecule has 1 N–H and O–H groups in total. The molecule has 0 saturated heterocycles. The van der Waals surface area contributed by atoms with Gasteiger partial charge in [0, 0.05) is 5.56 Å². The molecule has 2 rings (SSSR count). The normalized spacial score (nSPS) is 13.5. The van der Waals surface area contributed by atoms with Gasteiger partial charge in [-0.2, -0.15) is 0 Å². The molecule has 0 aromatic heterocycles. The third-order valence-electron chi connectivity index (χ3n) is 4.31. The quantitative estimate of drug-likeness (QED) is 0.788. The number of anilines is 1. The van der Waals surface area contributed by atoms with Gasteiger partial charge in [-0.25, -0.2) is 8.42 Å². The maximum absolute atomic E-state index is 12.8. The Morgan fingerprint density at radius 3 is 2.37 bits per heavy atom. The molecule has 0 saturated carbocycles. The molecule has 0 bridgehead atoms. The van der Waals surface area contributed by atoms with Crippen LogP contribution in [-0.4, -0.2) is 33.7 Å². The lowest BCUT2D eigenvalue weighted by Gasteiger charge is -2.29. The Labute approximate surface area is 161 Å². The highest BCUT2D eigenvalue weighted by molar-refractivity contribution is 7.92. The number of methoxy groups -OCH3 is 1. The van der Waals surface area contributed by atoms with E-state index in [4.69, 9.17) is 4.74 Å². The van der Waals surface area contributed by atoms with Crippen molar-refractivity contribution in [1.82, 2.24) is 5.32 Å². The SMILES string of the molecule is COc1ccccc1[C@H](C)NC(=O)[C@@H](C)N(c1cccc(C)c1)S(C)(=O)=O. The molecule has 146 valence electrons. The molecule has 27 heavy (non-hydrogen) atoms. The number of rotatable bonds is 7. The maximum Gasteiger partial charge on any atom is 0.244 e. The third-order valence-corrected chi connectivity index (χ3v) is 5.55. The summed E-state index contributed by atoms with van der Waals surface area (Å²) in [7, 11) is -2.08. The van der Waals surface area contributed by atoms with Crippen LogP contribution in [0.5, 0.6) is 5.75 Å². The molecule has 2 atom stereocenters. The van der Waals surface area contributed by atoms with Gasteiger partial charge in [0.15, 0.2) is 0 Å². The van der Waals surface area contributed by atoms with Crippen LogP contribution in [0.1, 0.15) is 31.0 Å². The lowest BCUT2D eigenvalue weighted by atomic mass is 10.1. The highest BCUT2D eigenvalue weighted by atomic mass is 32.2. The zero-order valence-electron chi connectivity index (χ0n) is 16.3. The van der Waals surface area contributed by atoms with Crippen molar-refractivity contribution in [2.45, 2.75) is 32.9 Å². The minimum Gasteiger partial charge on any atom is -0.496 e. The minimum atomic E-state index is -3.64. The molecule has 6 nitrogen and oxygen atoms in total. The monoisotopic (exact) mass is 390 g/mol. The van der Waals surface area contributed by atoms with Gasteiger partial charge in [-0.3, -0.25) is 9.10 Å². The van der Waals surface area contributed by atoms with E-state index < -0.39 is 16.1 Å². The first-order chi connectivity index (χ1) is 12.6. The van der Waals surface area contributed by atoms with E-state index >= 15 is 0 Å². The van der Waals surface area contributed by atoms with Gasteiger partial charge >= 0.3 is 0 Å². The van der Waals surface area contributed by atoms with E-state index in [1.54, 1.807) is 32.2 Å². The molecule has 2 aromatic carbocycles. The molecule has 0 aliphatic rings. The summed E-state index contributed by atoms with van der Waals surface area (Å²) in [6, 6.07) is 13.2. The summed E-state index contributed by atoms with van der Waals surface area (Å²) in [4.78, 5) is 12.8. The Morgan fingerprint density at radius 2 is 1.78 bits per heavy atom. The largest absolute Gasteiger partial charge is 0.496 e. The summed E-state index contributed by atoms with van der Waals surface area (Å²) in [5.41, 5.74) is 2.20. The number of carbonyl (C=O) groups is 1.